The Bertz CT molecular complexity index is 1000. The third-order valence-electron chi connectivity index (χ3n) is 3.27. The first kappa shape index (κ1) is 16.4. The third-order valence-corrected chi connectivity index (χ3v) is 5.83. The van der Waals surface area contributed by atoms with Gasteiger partial charge in [-0.1, -0.05) is 65.1 Å². The van der Waals surface area contributed by atoms with Crippen molar-refractivity contribution in [2.75, 3.05) is 4.72 Å². The molecule has 3 aromatic carbocycles. The first-order valence-electron chi connectivity index (χ1n) is 6.53. The van der Waals surface area contributed by atoms with Crippen LogP contribution in [0.3, 0.4) is 0 Å². The largest absolute Gasteiger partial charge is 0.280 e. The number of nitrogens with one attached hydrogen (secondary N) is 1. The second-order valence-electron chi connectivity index (χ2n) is 4.86. The van der Waals surface area contributed by atoms with E-state index in [0.29, 0.717) is 5.69 Å². The first-order valence-corrected chi connectivity index (χ1v) is 9.15. The molecule has 0 radical (unpaired) electrons. The summed E-state index contributed by atoms with van der Waals surface area (Å²) in [4.78, 5) is -0.123. The standard InChI is InChI=1S/C16H10Cl3NO2S/c17-13-8-15(19)16(9-14(13)18)23(21,22)20-12-6-5-10-3-1-2-4-11(10)7-12/h1-9,20H. The monoisotopic (exact) mass is 385 g/mol. The number of benzene rings is 3. The van der Waals surface area contributed by atoms with Gasteiger partial charge in [0.15, 0.2) is 0 Å². The number of hydrogen-bond acceptors (Lipinski definition) is 2. The van der Waals surface area contributed by atoms with Crippen molar-refractivity contribution in [1.82, 2.24) is 0 Å². The van der Waals surface area contributed by atoms with E-state index in [4.69, 9.17) is 34.8 Å². The Morgan fingerprint density at radius 2 is 1.39 bits per heavy atom. The number of rotatable bonds is 3. The summed E-state index contributed by atoms with van der Waals surface area (Å²) in [6, 6.07) is 15.5. The summed E-state index contributed by atoms with van der Waals surface area (Å²) in [5.41, 5.74) is 0.436. The van der Waals surface area contributed by atoms with Crippen molar-refractivity contribution in [2.45, 2.75) is 4.90 Å². The van der Waals surface area contributed by atoms with E-state index in [1.54, 1.807) is 12.1 Å². The normalized spacial score (nSPS) is 11.6. The van der Waals surface area contributed by atoms with Gasteiger partial charge in [0.25, 0.3) is 10.0 Å². The zero-order valence-corrected chi connectivity index (χ0v) is 14.6. The molecule has 0 aromatic heterocycles. The molecule has 0 aliphatic rings. The number of halogens is 3. The predicted octanol–water partition coefficient (Wildman–Crippen LogP) is 5.60. The van der Waals surface area contributed by atoms with Crippen molar-refractivity contribution in [3.63, 3.8) is 0 Å². The predicted molar refractivity (Wildman–Crippen MR) is 96.2 cm³/mol. The highest BCUT2D eigenvalue weighted by atomic mass is 35.5. The molecular formula is C16H10Cl3NO2S. The van der Waals surface area contributed by atoms with Gasteiger partial charge in [0.2, 0.25) is 0 Å². The van der Waals surface area contributed by atoms with Crippen molar-refractivity contribution in [3.05, 3.63) is 69.7 Å². The van der Waals surface area contributed by atoms with Gasteiger partial charge in [0, 0.05) is 5.69 Å². The average molecular weight is 387 g/mol. The summed E-state index contributed by atoms with van der Waals surface area (Å²) in [6.07, 6.45) is 0. The summed E-state index contributed by atoms with van der Waals surface area (Å²) in [5, 5.41) is 2.26. The zero-order valence-electron chi connectivity index (χ0n) is 11.6. The number of hydrogen-bond donors (Lipinski definition) is 1. The van der Waals surface area contributed by atoms with E-state index >= 15 is 0 Å². The molecule has 0 bridgehead atoms. The molecule has 3 nitrogen and oxygen atoms in total. The van der Waals surface area contributed by atoms with Gasteiger partial charge in [-0.05, 0) is 35.0 Å². The van der Waals surface area contributed by atoms with E-state index in [9.17, 15) is 8.42 Å². The van der Waals surface area contributed by atoms with Crippen LogP contribution < -0.4 is 4.72 Å². The molecule has 0 aliphatic heterocycles. The fourth-order valence-electron chi connectivity index (χ4n) is 2.17. The van der Waals surface area contributed by atoms with Crippen LogP contribution in [0, 0.1) is 0 Å². The zero-order chi connectivity index (χ0) is 16.6. The molecule has 3 rings (SSSR count). The van der Waals surface area contributed by atoms with Gasteiger partial charge in [-0.25, -0.2) is 8.42 Å². The van der Waals surface area contributed by atoms with Crippen molar-refractivity contribution >= 4 is 61.3 Å². The Kier molecular flexibility index (Phi) is 4.43. The lowest BCUT2D eigenvalue weighted by molar-refractivity contribution is 0.601. The van der Waals surface area contributed by atoms with E-state index < -0.39 is 10.0 Å². The Morgan fingerprint density at radius 1 is 0.739 bits per heavy atom. The van der Waals surface area contributed by atoms with Gasteiger partial charge in [-0.15, -0.1) is 0 Å². The molecule has 0 fully saturated rings. The smallest absolute Gasteiger partial charge is 0.263 e. The van der Waals surface area contributed by atoms with E-state index in [1.165, 1.54) is 12.1 Å². The maximum absolute atomic E-state index is 12.5. The molecule has 0 aliphatic carbocycles. The van der Waals surface area contributed by atoms with E-state index in [0.717, 1.165) is 10.8 Å². The third kappa shape index (κ3) is 3.40. The second-order valence-corrected chi connectivity index (χ2v) is 7.74. The highest BCUT2D eigenvalue weighted by Crippen LogP contribution is 2.32. The summed E-state index contributed by atoms with van der Waals surface area (Å²) in [5.74, 6) is 0. The Labute approximate surface area is 148 Å². The highest BCUT2D eigenvalue weighted by molar-refractivity contribution is 7.92. The molecule has 0 atom stereocenters. The quantitative estimate of drug-likeness (QED) is 0.595. The minimum absolute atomic E-state index is 0.00712. The van der Waals surface area contributed by atoms with Crippen molar-refractivity contribution in [3.8, 4) is 0 Å². The summed E-state index contributed by atoms with van der Waals surface area (Å²) < 4.78 is 27.5. The Hall–Kier alpha value is -1.46. The number of anilines is 1. The summed E-state index contributed by atoms with van der Waals surface area (Å²) >= 11 is 17.7. The first-order chi connectivity index (χ1) is 10.9. The second kappa shape index (κ2) is 6.21. The van der Waals surface area contributed by atoms with Gasteiger partial charge in [0.05, 0.1) is 15.1 Å². The van der Waals surface area contributed by atoms with Crippen LogP contribution in [0.5, 0.6) is 0 Å². The van der Waals surface area contributed by atoms with Crippen LogP contribution in [0.4, 0.5) is 5.69 Å². The van der Waals surface area contributed by atoms with Crippen LogP contribution in [0.25, 0.3) is 10.8 Å². The molecule has 118 valence electrons. The minimum Gasteiger partial charge on any atom is -0.280 e. The maximum atomic E-state index is 12.5. The summed E-state index contributed by atoms with van der Waals surface area (Å²) in [7, 11) is -3.88. The van der Waals surface area contributed by atoms with Crippen LogP contribution in [0.1, 0.15) is 0 Å². The van der Waals surface area contributed by atoms with Crippen LogP contribution in [-0.2, 0) is 10.0 Å². The molecule has 0 amide bonds. The van der Waals surface area contributed by atoms with E-state index in [1.807, 2.05) is 30.3 Å². The van der Waals surface area contributed by atoms with Crippen molar-refractivity contribution in [1.29, 1.82) is 0 Å². The van der Waals surface area contributed by atoms with Crippen molar-refractivity contribution < 1.29 is 8.42 Å². The molecule has 0 spiro atoms. The molecule has 3 aromatic rings. The van der Waals surface area contributed by atoms with Gasteiger partial charge in [0.1, 0.15) is 4.90 Å². The van der Waals surface area contributed by atoms with Crippen LogP contribution >= 0.6 is 34.8 Å². The van der Waals surface area contributed by atoms with Gasteiger partial charge in [-0.3, -0.25) is 4.72 Å². The number of fused-ring (bicyclic) bond motifs is 1. The topological polar surface area (TPSA) is 46.2 Å². The lowest BCUT2D eigenvalue weighted by Crippen LogP contribution is -2.13. The lowest BCUT2D eigenvalue weighted by atomic mass is 10.1. The van der Waals surface area contributed by atoms with E-state index in [2.05, 4.69) is 4.72 Å². The lowest BCUT2D eigenvalue weighted by Gasteiger charge is -2.11. The fourth-order valence-corrected chi connectivity index (χ4v) is 4.23. The van der Waals surface area contributed by atoms with Gasteiger partial charge in [-0.2, -0.15) is 0 Å². The Morgan fingerprint density at radius 3 is 2.13 bits per heavy atom. The molecule has 1 N–H and O–H groups in total. The molecule has 0 saturated carbocycles. The highest BCUT2D eigenvalue weighted by Gasteiger charge is 2.20. The number of sulfonamides is 1. The molecule has 0 unspecified atom stereocenters. The molecule has 23 heavy (non-hydrogen) atoms. The molecule has 0 heterocycles. The van der Waals surface area contributed by atoms with Crippen LogP contribution in [-0.4, -0.2) is 8.42 Å². The molecule has 7 heteroatoms. The minimum atomic E-state index is -3.88. The van der Waals surface area contributed by atoms with Crippen LogP contribution in [0.2, 0.25) is 15.1 Å². The summed E-state index contributed by atoms with van der Waals surface area (Å²) in [6.45, 7) is 0. The molecule has 0 saturated heterocycles. The fraction of sp³-hybridized carbons (Fsp3) is 0. The van der Waals surface area contributed by atoms with Gasteiger partial charge >= 0.3 is 0 Å². The van der Waals surface area contributed by atoms with E-state index in [-0.39, 0.29) is 20.0 Å². The molecular weight excluding hydrogens is 377 g/mol. The SMILES string of the molecule is O=S(=O)(Nc1ccc2ccccc2c1)c1cc(Cl)c(Cl)cc1Cl. The van der Waals surface area contributed by atoms with Crippen LogP contribution in [0.15, 0.2) is 59.5 Å². The van der Waals surface area contributed by atoms with Gasteiger partial charge < -0.3 is 0 Å². The average Bonchev–Trinajstić information content (AvgIpc) is 2.50. The van der Waals surface area contributed by atoms with Crippen molar-refractivity contribution in [2.24, 2.45) is 0 Å². The Balaban J connectivity index is 2.01. The maximum Gasteiger partial charge on any atom is 0.263 e.